The van der Waals surface area contributed by atoms with Crippen molar-refractivity contribution in [1.82, 2.24) is 4.98 Å². The summed E-state index contributed by atoms with van der Waals surface area (Å²) < 4.78 is 12.1. The fourth-order valence-corrected chi connectivity index (χ4v) is 0.508. The van der Waals surface area contributed by atoms with Crippen molar-refractivity contribution >= 4 is 12.2 Å². The van der Waals surface area contributed by atoms with Crippen molar-refractivity contribution < 1.29 is 14.3 Å². The van der Waals surface area contributed by atoms with E-state index in [-0.39, 0.29) is 5.82 Å². The highest BCUT2D eigenvalue weighted by Crippen LogP contribution is 1.97. The molecule has 1 amide bonds. The molecule has 0 aromatic carbocycles. The van der Waals surface area contributed by atoms with Crippen LogP contribution in [0.1, 0.15) is 5.69 Å². The van der Waals surface area contributed by atoms with E-state index < -0.39 is 6.09 Å². The van der Waals surface area contributed by atoms with Gasteiger partial charge < -0.3 is 10.8 Å². The maximum Gasteiger partial charge on any atom is 0.402 e. The number of primary amides is 1. The summed E-state index contributed by atoms with van der Waals surface area (Å²) in [4.78, 5) is 12.5. The molecular weight excluding hydrogens is 175 g/mol. The zero-order valence-corrected chi connectivity index (χ0v) is 6.77. The first-order chi connectivity index (χ1) is 6.06. The van der Waals surface area contributed by atoms with E-state index in [0.717, 1.165) is 6.20 Å². The molecule has 0 bridgehead atoms. The number of halogens is 1. The standard InChI is InChI=1S/C7H6FN.CH3NO2/c1-2-7-4-3-6(8)5-9-7;2-1(3)4/h2-5H,1H2;2H2,(H,3,4). The van der Waals surface area contributed by atoms with Crippen molar-refractivity contribution in [3.8, 4) is 0 Å². The van der Waals surface area contributed by atoms with Crippen molar-refractivity contribution in [2.75, 3.05) is 0 Å². The minimum Gasteiger partial charge on any atom is -0.465 e. The summed E-state index contributed by atoms with van der Waals surface area (Å²) in [7, 11) is 0. The topological polar surface area (TPSA) is 76.2 Å². The first-order valence-electron chi connectivity index (χ1n) is 3.28. The molecular formula is C8H9FN2O2. The normalized spacial score (nSPS) is 8.08. The molecule has 70 valence electrons. The molecule has 0 spiro atoms. The lowest BCUT2D eigenvalue weighted by molar-refractivity contribution is 0.205. The third kappa shape index (κ3) is 6.49. The van der Waals surface area contributed by atoms with Gasteiger partial charge in [-0.15, -0.1) is 0 Å². The van der Waals surface area contributed by atoms with Gasteiger partial charge in [-0.2, -0.15) is 0 Å². The maximum atomic E-state index is 12.1. The van der Waals surface area contributed by atoms with E-state index in [2.05, 4.69) is 17.3 Å². The molecule has 0 radical (unpaired) electrons. The average molecular weight is 184 g/mol. The second-order valence-electron chi connectivity index (χ2n) is 1.94. The lowest BCUT2D eigenvalue weighted by Crippen LogP contribution is -2.03. The first-order valence-corrected chi connectivity index (χ1v) is 3.28. The summed E-state index contributed by atoms with van der Waals surface area (Å²) in [5, 5.41) is 7.19. The Morgan fingerprint density at radius 2 is 2.23 bits per heavy atom. The molecule has 0 aliphatic carbocycles. The van der Waals surface area contributed by atoms with Crippen LogP contribution in [0.4, 0.5) is 9.18 Å². The Morgan fingerprint density at radius 1 is 1.69 bits per heavy atom. The number of nitrogens with two attached hydrogens (primary N) is 1. The van der Waals surface area contributed by atoms with Gasteiger partial charge in [0, 0.05) is 0 Å². The number of rotatable bonds is 1. The third-order valence-electron chi connectivity index (χ3n) is 0.959. The van der Waals surface area contributed by atoms with Crippen LogP contribution in [0.25, 0.3) is 6.08 Å². The van der Waals surface area contributed by atoms with Crippen LogP contribution in [-0.2, 0) is 0 Å². The molecule has 13 heavy (non-hydrogen) atoms. The summed E-state index contributed by atoms with van der Waals surface area (Å²) in [5.41, 5.74) is 4.72. The van der Waals surface area contributed by atoms with Crippen molar-refractivity contribution in [3.63, 3.8) is 0 Å². The Hall–Kier alpha value is -1.91. The van der Waals surface area contributed by atoms with Crippen LogP contribution in [0, 0.1) is 5.82 Å². The molecule has 0 unspecified atom stereocenters. The number of hydrogen-bond acceptors (Lipinski definition) is 2. The third-order valence-corrected chi connectivity index (χ3v) is 0.959. The molecule has 0 fully saturated rings. The van der Waals surface area contributed by atoms with Gasteiger partial charge in [0.1, 0.15) is 5.82 Å². The quantitative estimate of drug-likeness (QED) is 0.694. The Balaban J connectivity index is 0.000000310. The predicted molar refractivity (Wildman–Crippen MR) is 46.5 cm³/mol. The Morgan fingerprint density at radius 3 is 2.54 bits per heavy atom. The van der Waals surface area contributed by atoms with Crippen molar-refractivity contribution in [1.29, 1.82) is 0 Å². The van der Waals surface area contributed by atoms with E-state index in [9.17, 15) is 4.39 Å². The van der Waals surface area contributed by atoms with Gasteiger partial charge >= 0.3 is 6.09 Å². The molecule has 0 aliphatic heterocycles. The summed E-state index contributed by atoms with van der Waals surface area (Å²) >= 11 is 0. The number of nitrogens with zero attached hydrogens (tertiary/aromatic N) is 1. The molecule has 0 saturated carbocycles. The van der Waals surface area contributed by atoms with E-state index in [1.807, 2.05) is 0 Å². The van der Waals surface area contributed by atoms with Gasteiger partial charge in [-0.05, 0) is 18.2 Å². The van der Waals surface area contributed by atoms with Crippen LogP contribution in [0.2, 0.25) is 0 Å². The molecule has 1 aromatic heterocycles. The average Bonchev–Trinajstić information content (AvgIpc) is 2.05. The number of carboxylic acid groups (broad SMARTS) is 1. The lowest BCUT2D eigenvalue weighted by Gasteiger charge is -1.88. The molecule has 3 N–H and O–H groups in total. The van der Waals surface area contributed by atoms with Crippen LogP contribution in [0.15, 0.2) is 24.9 Å². The van der Waals surface area contributed by atoms with Gasteiger partial charge in [-0.1, -0.05) is 6.58 Å². The monoisotopic (exact) mass is 184 g/mol. The Kier molecular flexibility index (Phi) is 4.87. The molecule has 4 nitrogen and oxygen atoms in total. The second kappa shape index (κ2) is 5.70. The van der Waals surface area contributed by atoms with Gasteiger partial charge in [0.2, 0.25) is 0 Å². The fourth-order valence-electron chi connectivity index (χ4n) is 0.508. The summed E-state index contributed by atoms with van der Waals surface area (Å²) in [5.74, 6) is -0.319. The van der Waals surface area contributed by atoms with E-state index in [0.29, 0.717) is 5.69 Å². The van der Waals surface area contributed by atoms with Crippen molar-refractivity contribution in [3.05, 3.63) is 36.4 Å². The van der Waals surface area contributed by atoms with Gasteiger partial charge in [-0.25, -0.2) is 9.18 Å². The number of hydrogen-bond donors (Lipinski definition) is 2. The number of amides is 1. The molecule has 0 atom stereocenters. The maximum absolute atomic E-state index is 12.1. The first kappa shape index (κ1) is 11.1. The Bertz CT molecular complexity index is 281. The van der Waals surface area contributed by atoms with Crippen molar-refractivity contribution in [2.45, 2.75) is 0 Å². The molecule has 1 heterocycles. The van der Waals surface area contributed by atoms with Crippen LogP contribution in [0.5, 0.6) is 0 Å². The lowest BCUT2D eigenvalue weighted by atomic mass is 10.3. The van der Waals surface area contributed by atoms with E-state index >= 15 is 0 Å². The van der Waals surface area contributed by atoms with E-state index in [4.69, 9.17) is 9.90 Å². The molecule has 0 aliphatic rings. The predicted octanol–water partition coefficient (Wildman–Crippen LogP) is 1.49. The molecule has 1 rings (SSSR count). The highest BCUT2D eigenvalue weighted by atomic mass is 19.1. The van der Waals surface area contributed by atoms with Crippen LogP contribution >= 0.6 is 0 Å². The smallest absolute Gasteiger partial charge is 0.402 e. The summed E-state index contributed by atoms with van der Waals surface area (Å²) in [6.07, 6.45) is 1.40. The van der Waals surface area contributed by atoms with Gasteiger partial charge in [0.05, 0.1) is 11.9 Å². The van der Waals surface area contributed by atoms with Crippen LogP contribution < -0.4 is 5.73 Å². The SMILES string of the molecule is C=Cc1ccc(F)cn1.NC(=O)O. The van der Waals surface area contributed by atoms with E-state index in [1.165, 1.54) is 6.07 Å². The number of aromatic nitrogens is 1. The molecule has 5 heteroatoms. The fraction of sp³-hybridized carbons (Fsp3) is 0. The minimum atomic E-state index is -1.33. The largest absolute Gasteiger partial charge is 0.465 e. The zero-order chi connectivity index (χ0) is 10.3. The Labute approximate surface area is 74.5 Å². The van der Waals surface area contributed by atoms with Gasteiger partial charge in [0.15, 0.2) is 0 Å². The number of carbonyl (C=O) groups is 1. The summed E-state index contributed by atoms with van der Waals surface area (Å²) in [6, 6.07) is 2.92. The highest BCUT2D eigenvalue weighted by Gasteiger charge is 1.86. The van der Waals surface area contributed by atoms with Crippen LogP contribution in [0.3, 0.4) is 0 Å². The number of pyridine rings is 1. The second-order valence-corrected chi connectivity index (χ2v) is 1.94. The van der Waals surface area contributed by atoms with Crippen molar-refractivity contribution in [2.24, 2.45) is 5.73 Å². The van der Waals surface area contributed by atoms with Gasteiger partial charge in [-0.3, -0.25) is 4.98 Å². The summed E-state index contributed by atoms with van der Waals surface area (Å²) in [6.45, 7) is 3.48. The minimum absolute atomic E-state index is 0.319. The molecule has 1 aromatic rings. The van der Waals surface area contributed by atoms with Crippen LogP contribution in [-0.4, -0.2) is 16.2 Å². The highest BCUT2D eigenvalue weighted by molar-refractivity contribution is 5.61. The molecule has 0 saturated heterocycles. The van der Waals surface area contributed by atoms with E-state index in [1.54, 1.807) is 12.1 Å². The van der Waals surface area contributed by atoms with Gasteiger partial charge in [0.25, 0.3) is 0 Å². The zero-order valence-electron chi connectivity index (χ0n) is 6.77.